The van der Waals surface area contributed by atoms with Gasteiger partial charge in [-0.2, -0.15) is 19.5 Å². The SMILES string of the molecule is CC(C)(F)CN1CCN(C(=O)[C@@H](Nc2nc(N)n3nc(-c4ccco4)nc3n2)C2CC2)CC1. The molecule has 3 aromatic rings. The highest BCUT2D eigenvalue weighted by Crippen LogP contribution is 2.35. The highest BCUT2D eigenvalue weighted by molar-refractivity contribution is 5.85. The molecular weight excluding hydrogens is 429 g/mol. The van der Waals surface area contributed by atoms with Crippen LogP contribution in [-0.4, -0.2) is 84.7 Å². The fourth-order valence-corrected chi connectivity index (χ4v) is 4.18. The molecule has 0 aromatic carbocycles. The number of aromatic nitrogens is 5. The number of hydrogen-bond donors (Lipinski definition) is 2. The standard InChI is InChI=1S/C21H28FN9O2/c1-21(2,22)12-29-7-9-30(10-8-29)17(32)15(13-5-6-13)24-19-26-18(23)31-20(27-19)25-16(28-31)14-4-3-11-33-14/h3-4,11,13,15H,5-10,12H2,1-2H3,(H3,23,24,25,26,27,28)/t15-/m0/s1. The zero-order chi connectivity index (χ0) is 23.2. The number of hydrogen-bond acceptors (Lipinski definition) is 9. The maximum Gasteiger partial charge on any atom is 0.259 e. The molecule has 1 atom stereocenters. The van der Waals surface area contributed by atoms with Crippen molar-refractivity contribution in [3.63, 3.8) is 0 Å². The van der Waals surface area contributed by atoms with Crippen LogP contribution in [0, 0.1) is 5.92 Å². The smallest absolute Gasteiger partial charge is 0.259 e. The van der Waals surface area contributed by atoms with E-state index in [9.17, 15) is 9.18 Å². The van der Waals surface area contributed by atoms with Crippen molar-refractivity contribution in [2.24, 2.45) is 5.92 Å². The minimum Gasteiger partial charge on any atom is -0.461 e. The number of nitrogens with zero attached hydrogens (tertiary/aromatic N) is 7. The van der Waals surface area contributed by atoms with Crippen LogP contribution >= 0.6 is 0 Å². The number of furan rings is 1. The van der Waals surface area contributed by atoms with Crippen LogP contribution in [0.3, 0.4) is 0 Å². The Labute approximate surface area is 190 Å². The molecule has 1 aliphatic heterocycles. The number of nitrogens with one attached hydrogen (secondary N) is 1. The van der Waals surface area contributed by atoms with Gasteiger partial charge >= 0.3 is 0 Å². The fourth-order valence-electron chi connectivity index (χ4n) is 4.18. The lowest BCUT2D eigenvalue weighted by molar-refractivity contribution is -0.134. The number of carbonyl (C=O) groups excluding carboxylic acids is 1. The molecule has 1 aliphatic carbocycles. The summed E-state index contributed by atoms with van der Waals surface area (Å²) >= 11 is 0. The third-order valence-electron chi connectivity index (χ3n) is 5.90. The average molecular weight is 458 g/mol. The summed E-state index contributed by atoms with van der Waals surface area (Å²) in [5.74, 6) is 1.69. The van der Waals surface area contributed by atoms with Gasteiger partial charge in [0, 0.05) is 32.7 Å². The first-order valence-corrected chi connectivity index (χ1v) is 11.2. The molecule has 1 saturated heterocycles. The molecular formula is C21H28FN9O2. The lowest BCUT2D eigenvalue weighted by Gasteiger charge is -2.38. The maximum atomic E-state index is 14.0. The maximum absolute atomic E-state index is 14.0. The van der Waals surface area contributed by atoms with Crippen molar-refractivity contribution in [1.82, 2.24) is 34.4 Å². The molecule has 11 nitrogen and oxygen atoms in total. The molecule has 5 rings (SSSR count). The van der Waals surface area contributed by atoms with Gasteiger partial charge in [-0.25, -0.2) is 4.39 Å². The van der Waals surface area contributed by atoms with Gasteiger partial charge in [0.15, 0.2) is 5.76 Å². The predicted octanol–water partition coefficient (Wildman–Crippen LogP) is 1.44. The normalized spacial score (nSPS) is 18.6. The van der Waals surface area contributed by atoms with Crippen LogP contribution in [0.4, 0.5) is 16.3 Å². The van der Waals surface area contributed by atoms with Gasteiger partial charge in [-0.15, -0.1) is 5.10 Å². The summed E-state index contributed by atoms with van der Waals surface area (Å²) in [5.41, 5.74) is 4.83. The monoisotopic (exact) mass is 457 g/mol. The van der Waals surface area contributed by atoms with Gasteiger partial charge in [0.05, 0.1) is 6.26 Å². The van der Waals surface area contributed by atoms with Crippen LogP contribution in [0.5, 0.6) is 0 Å². The summed E-state index contributed by atoms with van der Waals surface area (Å²) in [6.07, 6.45) is 3.46. The molecule has 0 spiro atoms. The van der Waals surface area contributed by atoms with Crippen molar-refractivity contribution in [3.05, 3.63) is 18.4 Å². The number of rotatable bonds is 7. The van der Waals surface area contributed by atoms with Crippen molar-refractivity contribution in [3.8, 4) is 11.6 Å². The van der Waals surface area contributed by atoms with E-state index in [1.807, 2.05) is 4.90 Å². The average Bonchev–Trinajstić information content (AvgIpc) is 3.27. The van der Waals surface area contributed by atoms with Gasteiger partial charge < -0.3 is 20.4 Å². The number of carbonyl (C=O) groups is 1. The molecule has 0 unspecified atom stereocenters. The van der Waals surface area contributed by atoms with Gasteiger partial charge in [0.2, 0.25) is 23.6 Å². The molecule has 3 N–H and O–H groups in total. The number of halogens is 1. The summed E-state index contributed by atoms with van der Waals surface area (Å²) in [4.78, 5) is 30.3. The summed E-state index contributed by atoms with van der Waals surface area (Å²) in [6.45, 7) is 5.96. The second-order valence-electron chi connectivity index (χ2n) is 9.31. The number of amides is 1. The number of alkyl halides is 1. The highest BCUT2D eigenvalue weighted by atomic mass is 19.1. The van der Waals surface area contributed by atoms with E-state index in [4.69, 9.17) is 10.2 Å². The largest absolute Gasteiger partial charge is 0.461 e. The molecule has 4 heterocycles. The van der Waals surface area contributed by atoms with Crippen LogP contribution < -0.4 is 11.1 Å². The molecule has 0 bridgehead atoms. The molecule has 12 heteroatoms. The second-order valence-corrected chi connectivity index (χ2v) is 9.31. The molecule has 1 saturated carbocycles. The molecule has 2 aliphatic rings. The Hall–Kier alpha value is -3.28. The highest BCUT2D eigenvalue weighted by Gasteiger charge is 2.40. The van der Waals surface area contributed by atoms with Crippen molar-refractivity contribution < 1.29 is 13.6 Å². The Morgan fingerprint density at radius 1 is 1.27 bits per heavy atom. The van der Waals surface area contributed by atoms with E-state index in [0.29, 0.717) is 44.3 Å². The Kier molecular flexibility index (Phi) is 5.39. The van der Waals surface area contributed by atoms with E-state index in [0.717, 1.165) is 12.8 Å². The number of piperazine rings is 1. The van der Waals surface area contributed by atoms with Crippen molar-refractivity contribution in [2.45, 2.75) is 38.4 Å². The van der Waals surface area contributed by atoms with E-state index in [-0.39, 0.29) is 29.5 Å². The lowest BCUT2D eigenvalue weighted by atomic mass is 10.1. The number of nitrogen functional groups attached to an aromatic ring is 1. The summed E-state index contributed by atoms with van der Waals surface area (Å²) < 4.78 is 20.6. The lowest BCUT2D eigenvalue weighted by Crippen LogP contribution is -2.54. The number of fused-ring (bicyclic) bond motifs is 1. The van der Waals surface area contributed by atoms with Gasteiger partial charge in [-0.05, 0) is 44.7 Å². The van der Waals surface area contributed by atoms with Gasteiger partial charge in [0.1, 0.15) is 11.7 Å². The summed E-state index contributed by atoms with van der Waals surface area (Å²) in [5, 5.41) is 7.48. The third kappa shape index (κ3) is 4.75. The molecule has 1 amide bonds. The van der Waals surface area contributed by atoms with E-state index < -0.39 is 11.7 Å². The van der Waals surface area contributed by atoms with Gasteiger partial charge in [0.25, 0.3) is 5.78 Å². The van der Waals surface area contributed by atoms with E-state index in [1.54, 1.807) is 26.0 Å². The number of nitrogens with two attached hydrogens (primary N) is 1. The van der Waals surface area contributed by atoms with Crippen LogP contribution in [-0.2, 0) is 4.79 Å². The molecule has 3 aromatic heterocycles. The molecule has 176 valence electrons. The van der Waals surface area contributed by atoms with Crippen molar-refractivity contribution in [2.75, 3.05) is 43.8 Å². The van der Waals surface area contributed by atoms with E-state index in [2.05, 4.69) is 30.3 Å². The van der Waals surface area contributed by atoms with E-state index >= 15 is 0 Å². The van der Waals surface area contributed by atoms with Crippen molar-refractivity contribution in [1.29, 1.82) is 0 Å². The molecule has 2 fully saturated rings. The number of anilines is 2. The fraction of sp³-hybridized carbons (Fsp3) is 0.571. The summed E-state index contributed by atoms with van der Waals surface area (Å²) in [6, 6.07) is 3.05. The van der Waals surface area contributed by atoms with Crippen LogP contribution in [0.2, 0.25) is 0 Å². The van der Waals surface area contributed by atoms with Crippen LogP contribution in [0.15, 0.2) is 22.8 Å². The quantitative estimate of drug-likeness (QED) is 0.541. The predicted molar refractivity (Wildman–Crippen MR) is 119 cm³/mol. The zero-order valence-electron chi connectivity index (χ0n) is 18.7. The second kappa shape index (κ2) is 8.25. The van der Waals surface area contributed by atoms with Gasteiger partial charge in [-0.3, -0.25) is 9.69 Å². The minimum atomic E-state index is -1.25. The Morgan fingerprint density at radius 2 is 2.03 bits per heavy atom. The van der Waals surface area contributed by atoms with Crippen molar-refractivity contribution >= 4 is 23.6 Å². The van der Waals surface area contributed by atoms with Gasteiger partial charge in [-0.1, -0.05) is 0 Å². The summed E-state index contributed by atoms with van der Waals surface area (Å²) in [7, 11) is 0. The topological polar surface area (TPSA) is 131 Å². The first-order valence-electron chi connectivity index (χ1n) is 11.2. The third-order valence-corrected chi connectivity index (χ3v) is 5.90. The Morgan fingerprint density at radius 3 is 2.67 bits per heavy atom. The Bertz CT molecular complexity index is 1130. The minimum absolute atomic E-state index is 0.0106. The van der Waals surface area contributed by atoms with Crippen LogP contribution in [0.25, 0.3) is 17.4 Å². The first-order chi connectivity index (χ1) is 15.8. The van der Waals surface area contributed by atoms with E-state index in [1.165, 1.54) is 10.8 Å². The van der Waals surface area contributed by atoms with Crippen LogP contribution in [0.1, 0.15) is 26.7 Å². The first kappa shape index (κ1) is 21.6. The molecule has 33 heavy (non-hydrogen) atoms. The molecule has 0 radical (unpaired) electrons. The Balaban J connectivity index is 1.30. The zero-order valence-corrected chi connectivity index (χ0v) is 18.7.